The third-order valence-electron chi connectivity index (χ3n) is 1.99. The fraction of sp³-hybridized carbons (Fsp3) is 0.0909. The molecule has 1 aromatic carbocycles. The maximum Gasteiger partial charge on any atom is 0.119 e. The van der Waals surface area contributed by atoms with E-state index in [4.69, 9.17) is 10.2 Å². The molecule has 0 radical (unpaired) electrons. The summed E-state index contributed by atoms with van der Waals surface area (Å²) in [6, 6.07) is 11.3. The van der Waals surface area contributed by atoms with E-state index in [1.807, 2.05) is 36.4 Å². The van der Waals surface area contributed by atoms with Crippen LogP contribution in [-0.4, -0.2) is 0 Å². The minimum Gasteiger partial charge on any atom is -0.468 e. The minimum atomic E-state index is 0.636. The number of rotatable bonds is 4. The van der Waals surface area contributed by atoms with E-state index < -0.39 is 0 Å². The molecular weight excluding hydrogens is 190 g/mol. The monoisotopic (exact) mass is 203 g/mol. The predicted molar refractivity (Wildman–Crippen MR) is 60.0 cm³/mol. The molecule has 2 aromatic rings. The van der Waals surface area contributed by atoms with Crippen molar-refractivity contribution in [2.75, 3.05) is 11.2 Å². The Bertz CT molecular complexity index is 394. The first-order chi connectivity index (χ1) is 7.34. The van der Waals surface area contributed by atoms with Gasteiger partial charge in [-0.1, -0.05) is 0 Å². The highest BCUT2D eigenvalue weighted by molar-refractivity contribution is 5.50. The van der Waals surface area contributed by atoms with Crippen molar-refractivity contribution in [2.45, 2.75) is 6.54 Å². The first-order valence-electron chi connectivity index (χ1n) is 4.71. The molecule has 0 amide bonds. The van der Waals surface area contributed by atoms with Gasteiger partial charge in [-0.25, -0.2) is 5.43 Å². The molecule has 4 N–H and O–H groups in total. The number of hydrogen-bond acceptors (Lipinski definition) is 4. The lowest BCUT2D eigenvalue weighted by atomic mass is 10.3. The fourth-order valence-electron chi connectivity index (χ4n) is 1.21. The van der Waals surface area contributed by atoms with E-state index in [0.717, 1.165) is 17.1 Å². The number of nitrogens with one attached hydrogen (secondary N) is 2. The second-order valence-corrected chi connectivity index (χ2v) is 3.18. The summed E-state index contributed by atoms with van der Waals surface area (Å²) in [5.41, 5.74) is 13.4. The Balaban J connectivity index is 1.81. The van der Waals surface area contributed by atoms with E-state index in [1.54, 1.807) is 6.26 Å². The van der Waals surface area contributed by atoms with Crippen LogP contribution in [0.2, 0.25) is 0 Å². The van der Waals surface area contributed by atoms with Gasteiger partial charge in [0.15, 0.2) is 0 Å². The summed E-state index contributed by atoms with van der Waals surface area (Å²) >= 11 is 0. The number of hydrazine groups is 1. The summed E-state index contributed by atoms with van der Waals surface area (Å²) in [5, 5.41) is 0. The smallest absolute Gasteiger partial charge is 0.119 e. The molecule has 2 rings (SSSR count). The van der Waals surface area contributed by atoms with Crippen LogP contribution in [-0.2, 0) is 6.54 Å². The molecule has 0 fully saturated rings. The first kappa shape index (κ1) is 9.61. The summed E-state index contributed by atoms with van der Waals surface area (Å²) in [5.74, 6) is 0.887. The molecule has 0 saturated heterocycles. The maximum absolute atomic E-state index is 5.57. The third-order valence-corrected chi connectivity index (χ3v) is 1.99. The van der Waals surface area contributed by atoms with Crippen molar-refractivity contribution in [3.05, 3.63) is 48.4 Å². The zero-order valence-electron chi connectivity index (χ0n) is 8.23. The molecule has 1 aromatic heterocycles. The van der Waals surface area contributed by atoms with Crippen LogP contribution in [0.3, 0.4) is 0 Å². The van der Waals surface area contributed by atoms with Gasteiger partial charge in [-0.3, -0.25) is 0 Å². The van der Waals surface area contributed by atoms with Gasteiger partial charge in [0.2, 0.25) is 0 Å². The number of benzene rings is 1. The van der Waals surface area contributed by atoms with E-state index in [2.05, 4.69) is 10.9 Å². The van der Waals surface area contributed by atoms with Crippen LogP contribution in [0.4, 0.5) is 11.4 Å². The molecule has 0 atom stereocenters. The normalized spacial score (nSPS) is 10.1. The van der Waals surface area contributed by atoms with Gasteiger partial charge in [-0.2, -0.15) is 0 Å². The third kappa shape index (κ3) is 2.75. The summed E-state index contributed by atoms with van der Waals surface area (Å²) in [4.78, 5) is 0. The second kappa shape index (κ2) is 4.52. The van der Waals surface area contributed by atoms with Gasteiger partial charge in [0.25, 0.3) is 0 Å². The number of hydrogen-bond donors (Lipinski definition) is 3. The highest BCUT2D eigenvalue weighted by atomic mass is 16.3. The molecule has 78 valence electrons. The average molecular weight is 203 g/mol. The van der Waals surface area contributed by atoms with Gasteiger partial charge >= 0.3 is 0 Å². The molecule has 0 saturated carbocycles. The lowest BCUT2D eigenvalue weighted by molar-refractivity contribution is 0.494. The summed E-state index contributed by atoms with van der Waals surface area (Å²) in [6.07, 6.45) is 1.65. The first-order valence-corrected chi connectivity index (χ1v) is 4.71. The van der Waals surface area contributed by atoms with Crippen LogP contribution < -0.4 is 16.6 Å². The zero-order valence-corrected chi connectivity index (χ0v) is 8.23. The molecule has 1 heterocycles. The Labute approximate surface area is 88.1 Å². The van der Waals surface area contributed by atoms with Crippen molar-refractivity contribution < 1.29 is 4.42 Å². The quantitative estimate of drug-likeness (QED) is 0.525. The van der Waals surface area contributed by atoms with Gasteiger partial charge in [0.05, 0.1) is 12.8 Å². The number of anilines is 2. The van der Waals surface area contributed by atoms with Gasteiger partial charge in [0.1, 0.15) is 5.76 Å². The molecule has 0 aliphatic heterocycles. The molecule has 0 spiro atoms. The predicted octanol–water partition coefficient (Wildman–Crippen LogP) is 1.98. The van der Waals surface area contributed by atoms with Crippen LogP contribution in [0.15, 0.2) is 47.1 Å². The Morgan fingerprint density at radius 2 is 1.93 bits per heavy atom. The van der Waals surface area contributed by atoms with Gasteiger partial charge in [-0.05, 0) is 36.4 Å². The Morgan fingerprint density at radius 1 is 1.13 bits per heavy atom. The number of furan rings is 1. The van der Waals surface area contributed by atoms with E-state index in [9.17, 15) is 0 Å². The molecule has 0 aliphatic carbocycles. The van der Waals surface area contributed by atoms with Crippen LogP contribution >= 0.6 is 0 Å². The van der Waals surface area contributed by atoms with Gasteiger partial charge in [-0.15, -0.1) is 0 Å². The van der Waals surface area contributed by atoms with E-state index in [-0.39, 0.29) is 0 Å². The lowest BCUT2D eigenvalue weighted by Crippen LogP contribution is -2.20. The SMILES string of the molecule is Nc1ccc(NNCc2ccco2)cc1. The average Bonchev–Trinajstić information content (AvgIpc) is 2.74. The Hall–Kier alpha value is -1.94. The standard InChI is InChI=1S/C11H13N3O/c12-9-3-5-10(6-4-9)14-13-8-11-2-1-7-15-11/h1-7,13-14H,8,12H2. The van der Waals surface area contributed by atoms with Crippen LogP contribution in [0.5, 0.6) is 0 Å². The fourth-order valence-corrected chi connectivity index (χ4v) is 1.21. The Morgan fingerprint density at radius 3 is 2.60 bits per heavy atom. The molecule has 4 nitrogen and oxygen atoms in total. The highest BCUT2D eigenvalue weighted by Gasteiger charge is 1.94. The van der Waals surface area contributed by atoms with E-state index in [1.165, 1.54) is 0 Å². The van der Waals surface area contributed by atoms with E-state index in [0.29, 0.717) is 6.54 Å². The molecule has 0 unspecified atom stereocenters. The Kier molecular flexibility index (Phi) is 2.90. The lowest BCUT2D eigenvalue weighted by Gasteiger charge is -2.06. The summed E-state index contributed by atoms with van der Waals surface area (Å²) in [7, 11) is 0. The highest BCUT2D eigenvalue weighted by Crippen LogP contribution is 2.09. The molecular formula is C11H13N3O. The minimum absolute atomic E-state index is 0.636. The topological polar surface area (TPSA) is 63.2 Å². The van der Waals surface area contributed by atoms with Gasteiger partial charge in [0, 0.05) is 11.4 Å². The van der Waals surface area contributed by atoms with Gasteiger partial charge < -0.3 is 15.6 Å². The van der Waals surface area contributed by atoms with Crippen molar-refractivity contribution >= 4 is 11.4 Å². The molecule has 0 aliphatic rings. The molecule has 0 bridgehead atoms. The van der Waals surface area contributed by atoms with Crippen molar-refractivity contribution in [3.8, 4) is 0 Å². The second-order valence-electron chi connectivity index (χ2n) is 3.18. The summed E-state index contributed by atoms with van der Waals surface area (Å²) < 4.78 is 5.17. The van der Waals surface area contributed by atoms with Crippen molar-refractivity contribution in [1.29, 1.82) is 0 Å². The van der Waals surface area contributed by atoms with Crippen molar-refractivity contribution in [2.24, 2.45) is 0 Å². The van der Waals surface area contributed by atoms with E-state index >= 15 is 0 Å². The van der Waals surface area contributed by atoms with Crippen LogP contribution in [0, 0.1) is 0 Å². The van der Waals surface area contributed by atoms with Crippen LogP contribution in [0.1, 0.15) is 5.76 Å². The number of nitrogens with two attached hydrogens (primary N) is 1. The summed E-state index contributed by atoms with van der Waals surface area (Å²) in [6.45, 7) is 0.636. The van der Waals surface area contributed by atoms with Crippen LogP contribution in [0.25, 0.3) is 0 Å². The largest absolute Gasteiger partial charge is 0.468 e. The molecule has 4 heteroatoms. The van der Waals surface area contributed by atoms with Crippen molar-refractivity contribution in [3.63, 3.8) is 0 Å². The maximum atomic E-state index is 5.57. The zero-order chi connectivity index (χ0) is 10.5. The van der Waals surface area contributed by atoms with Crippen molar-refractivity contribution in [1.82, 2.24) is 5.43 Å². The molecule has 15 heavy (non-hydrogen) atoms. The number of nitrogen functional groups attached to an aromatic ring is 1.